The molecule has 98 valence electrons. The number of ether oxygens (including phenoxy) is 1. The van der Waals surface area contributed by atoms with E-state index in [2.05, 4.69) is 16.0 Å². The first-order valence-corrected chi connectivity index (χ1v) is 6.93. The molecule has 0 amide bonds. The van der Waals surface area contributed by atoms with Gasteiger partial charge in [0, 0.05) is 6.54 Å². The van der Waals surface area contributed by atoms with Crippen molar-refractivity contribution in [3.8, 4) is 5.75 Å². The predicted molar refractivity (Wildman–Crippen MR) is 77.4 cm³/mol. The van der Waals surface area contributed by atoms with Gasteiger partial charge in [0.15, 0.2) is 0 Å². The Hall–Kier alpha value is -1.74. The predicted octanol–water partition coefficient (Wildman–Crippen LogP) is 3.74. The Labute approximate surface area is 117 Å². The van der Waals surface area contributed by atoms with Crippen molar-refractivity contribution in [3.05, 3.63) is 48.2 Å². The lowest BCUT2D eigenvalue weighted by atomic mass is 10.2. The number of para-hydroxylation sites is 2. The first-order valence-electron chi connectivity index (χ1n) is 6.40. The minimum absolute atomic E-state index is 0.430. The van der Waals surface area contributed by atoms with Crippen LogP contribution in [-0.4, -0.2) is 18.1 Å². The molecule has 2 aromatic rings. The first kappa shape index (κ1) is 12.3. The van der Waals surface area contributed by atoms with Crippen LogP contribution in [0.2, 0.25) is 0 Å². The molecule has 0 atom stereocenters. The van der Waals surface area contributed by atoms with Gasteiger partial charge in [0.1, 0.15) is 11.6 Å². The molecule has 0 bridgehead atoms. The maximum absolute atomic E-state index is 5.86. The fourth-order valence-electron chi connectivity index (χ4n) is 2.26. The van der Waals surface area contributed by atoms with Crippen LogP contribution < -0.4 is 9.64 Å². The molecular weight excluding hydrogens is 260 g/mol. The van der Waals surface area contributed by atoms with E-state index in [1.165, 1.54) is 0 Å². The van der Waals surface area contributed by atoms with Crippen molar-refractivity contribution in [2.45, 2.75) is 12.3 Å². The number of benzene rings is 1. The van der Waals surface area contributed by atoms with E-state index in [0.717, 1.165) is 42.5 Å². The number of alkyl halides is 1. The van der Waals surface area contributed by atoms with Crippen LogP contribution >= 0.6 is 11.6 Å². The molecule has 0 saturated heterocycles. The van der Waals surface area contributed by atoms with Gasteiger partial charge in [0.2, 0.25) is 0 Å². The monoisotopic (exact) mass is 274 g/mol. The number of aromatic nitrogens is 1. The summed E-state index contributed by atoms with van der Waals surface area (Å²) in [5, 5.41) is 0. The maximum atomic E-state index is 5.86. The van der Waals surface area contributed by atoms with Crippen molar-refractivity contribution in [2.75, 3.05) is 18.1 Å². The van der Waals surface area contributed by atoms with Crippen LogP contribution in [-0.2, 0) is 5.88 Å². The van der Waals surface area contributed by atoms with Crippen molar-refractivity contribution in [3.63, 3.8) is 0 Å². The Kier molecular flexibility index (Phi) is 3.56. The third kappa shape index (κ3) is 2.51. The van der Waals surface area contributed by atoms with Gasteiger partial charge >= 0.3 is 0 Å². The molecule has 1 aromatic carbocycles. The summed E-state index contributed by atoms with van der Waals surface area (Å²) in [6, 6.07) is 14.0. The van der Waals surface area contributed by atoms with Gasteiger partial charge in [0.05, 0.1) is 23.9 Å². The molecule has 0 saturated carbocycles. The smallest absolute Gasteiger partial charge is 0.142 e. The molecular formula is C15H15ClN2O. The van der Waals surface area contributed by atoms with E-state index in [0.29, 0.717) is 5.88 Å². The molecule has 3 rings (SSSR count). The normalized spacial score (nSPS) is 14.5. The van der Waals surface area contributed by atoms with Crippen LogP contribution in [0, 0.1) is 0 Å². The highest BCUT2D eigenvalue weighted by Crippen LogP contribution is 2.34. The molecule has 0 N–H and O–H groups in total. The standard InChI is InChI=1S/C15H15ClN2O/c16-11-12-5-3-8-15(17-12)18-9-4-10-19-14-7-2-1-6-13(14)18/h1-3,5-8H,4,9-11H2. The molecule has 2 heterocycles. The van der Waals surface area contributed by atoms with Gasteiger partial charge in [-0.05, 0) is 30.7 Å². The Morgan fingerprint density at radius 3 is 2.95 bits per heavy atom. The lowest BCUT2D eigenvalue weighted by molar-refractivity contribution is 0.322. The Bertz CT molecular complexity index is 574. The minimum Gasteiger partial charge on any atom is -0.491 e. The molecule has 4 heteroatoms. The largest absolute Gasteiger partial charge is 0.491 e. The highest BCUT2D eigenvalue weighted by molar-refractivity contribution is 6.16. The average molecular weight is 275 g/mol. The van der Waals surface area contributed by atoms with Crippen molar-refractivity contribution >= 4 is 23.1 Å². The summed E-state index contributed by atoms with van der Waals surface area (Å²) in [6.45, 7) is 1.64. The molecule has 1 aliphatic heterocycles. The second-order valence-electron chi connectivity index (χ2n) is 4.44. The second kappa shape index (κ2) is 5.49. The Balaban J connectivity index is 2.03. The molecule has 0 unspecified atom stereocenters. The Morgan fingerprint density at radius 1 is 1.16 bits per heavy atom. The van der Waals surface area contributed by atoms with Crippen LogP contribution in [0.3, 0.4) is 0 Å². The topological polar surface area (TPSA) is 25.4 Å². The van der Waals surface area contributed by atoms with E-state index in [-0.39, 0.29) is 0 Å². The molecule has 0 aliphatic carbocycles. The number of hydrogen-bond donors (Lipinski definition) is 0. The molecule has 1 aliphatic rings. The number of fused-ring (bicyclic) bond motifs is 1. The second-order valence-corrected chi connectivity index (χ2v) is 4.71. The molecule has 0 spiro atoms. The van der Waals surface area contributed by atoms with Gasteiger partial charge in [-0.1, -0.05) is 18.2 Å². The van der Waals surface area contributed by atoms with E-state index >= 15 is 0 Å². The van der Waals surface area contributed by atoms with Crippen molar-refractivity contribution in [1.82, 2.24) is 4.98 Å². The van der Waals surface area contributed by atoms with E-state index in [4.69, 9.17) is 16.3 Å². The zero-order valence-electron chi connectivity index (χ0n) is 10.6. The van der Waals surface area contributed by atoms with Gasteiger partial charge in [-0.25, -0.2) is 4.98 Å². The van der Waals surface area contributed by atoms with Crippen LogP contribution in [0.5, 0.6) is 5.75 Å². The third-order valence-corrected chi connectivity index (χ3v) is 3.42. The molecule has 0 radical (unpaired) electrons. The maximum Gasteiger partial charge on any atom is 0.142 e. The van der Waals surface area contributed by atoms with Crippen molar-refractivity contribution in [2.24, 2.45) is 0 Å². The van der Waals surface area contributed by atoms with E-state index < -0.39 is 0 Å². The van der Waals surface area contributed by atoms with E-state index in [1.54, 1.807) is 0 Å². The summed E-state index contributed by atoms with van der Waals surface area (Å²) >= 11 is 5.86. The zero-order chi connectivity index (χ0) is 13.1. The molecule has 3 nitrogen and oxygen atoms in total. The summed E-state index contributed by atoms with van der Waals surface area (Å²) < 4.78 is 5.76. The summed E-state index contributed by atoms with van der Waals surface area (Å²) in [5.74, 6) is 2.27. The third-order valence-electron chi connectivity index (χ3n) is 3.15. The molecule has 1 aromatic heterocycles. The van der Waals surface area contributed by atoms with Crippen molar-refractivity contribution < 1.29 is 4.74 Å². The summed E-state index contributed by atoms with van der Waals surface area (Å²) in [5.41, 5.74) is 1.96. The fraction of sp³-hybridized carbons (Fsp3) is 0.267. The number of nitrogens with zero attached hydrogens (tertiary/aromatic N) is 2. The van der Waals surface area contributed by atoms with Gasteiger partial charge < -0.3 is 9.64 Å². The van der Waals surface area contributed by atoms with Crippen LogP contribution in [0.4, 0.5) is 11.5 Å². The summed E-state index contributed by atoms with van der Waals surface area (Å²) in [7, 11) is 0. The Morgan fingerprint density at radius 2 is 2.05 bits per heavy atom. The highest BCUT2D eigenvalue weighted by Gasteiger charge is 2.18. The lowest BCUT2D eigenvalue weighted by Crippen LogP contribution is -2.19. The number of halogens is 1. The van der Waals surface area contributed by atoms with Crippen molar-refractivity contribution in [1.29, 1.82) is 0 Å². The van der Waals surface area contributed by atoms with Crippen LogP contribution in [0.1, 0.15) is 12.1 Å². The molecule has 19 heavy (non-hydrogen) atoms. The number of hydrogen-bond acceptors (Lipinski definition) is 3. The van der Waals surface area contributed by atoms with E-state index in [1.807, 2.05) is 36.4 Å². The lowest BCUT2D eigenvalue weighted by Gasteiger charge is -2.23. The summed E-state index contributed by atoms with van der Waals surface area (Å²) in [6.07, 6.45) is 0.974. The number of pyridine rings is 1. The number of anilines is 2. The van der Waals surface area contributed by atoms with Gasteiger partial charge in [-0.3, -0.25) is 0 Å². The van der Waals surface area contributed by atoms with Gasteiger partial charge in [0.25, 0.3) is 0 Å². The fourth-order valence-corrected chi connectivity index (χ4v) is 2.41. The first-order chi connectivity index (χ1) is 9.38. The van der Waals surface area contributed by atoms with Gasteiger partial charge in [-0.2, -0.15) is 0 Å². The SMILES string of the molecule is ClCc1cccc(N2CCCOc3ccccc32)n1. The quantitative estimate of drug-likeness (QED) is 0.780. The van der Waals surface area contributed by atoms with Crippen LogP contribution in [0.25, 0.3) is 0 Å². The minimum atomic E-state index is 0.430. The van der Waals surface area contributed by atoms with E-state index in [9.17, 15) is 0 Å². The number of rotatable bonds is 2. The summed E-state index contributed by atoms with van der Waals surface area (Å²) in [4.78, 5) is 6.79. The molecule has 0 fully saturated rings. The average Bonchev–Trinajstić information content (AvgIpc) is 2.69. The van der Waals surface area contributed by atoms with Gasteiger partial charge in [-0.15, -0.1) is 11.6 Å². The zero-order valence-corrected chi connectivity index (χ0v) is 11.3. The highest BCUT2D eigenvalue weighted by atomic mass is 35.5. The van der Waals surface area contributed by atoms with Crippen LogP contribution in [0.15, 0.2) is 42.5 Å².